The lowest BCUT2D eigenvalue weighted by Gasteiger charge is -2.12. The molecule has 0 fully saturated rings. The number of aliphatic hydroxyl groups excluding tert-OH is 1. The topological polar surface area (TPSA) is 20.2 Å². The van der Waals surface area contributed by atoms with Gasteiger partial charge in [0.05, 0.1) is 11.7 Å². The van der Waals surface area contributed by atoms with Gasteiger partial charge in [-0.15, -0.1) is 11.3 Å². The van der Waals surface area contributed by atoms with Gasteiger partial charge in [0.25, 0.3) is 0 Å². The number of hydrogen-bond acceptors (Lipinski definition) is 2. The number of aryl methyl sites for hydroxylation is 1. The van der Waals surface area contributed by atoms with Gasteiger partial charge in [0.1, 0.15) is 0 Å². The van der Waals surface area contributed by atoms with Crippen LogP contribution in [0.5, 0.6) is 0 Å². The summed E-state index contributed by atoms with van der Waals surface area (Å²) in [6.07, 6.45) is -3.84. The quantitative estimate of drug-likeness (QED) is 0.881. The second-order valence-electron chi connectivity index (χ2n) is 4.25. The second-order valence-corrected chi connectivity index (χ2v) is 5.29. The first-order chi connectivity index (χ1) is 8.97. The Bertz CT molecular complexity index is 502. The molecule has 0 aliphatic heterocycles. The fourth-order valence-corrected chi connectivity index (χ4v) is 2.52. The highest BCUT2D eigenvalue weighted by Crippen LogP contribution is 2.30. The Morgan fingerprint density at radius 3 is 2.32 bits per heavy atom. The molecular formula is C14H13F3OS. The summed E-state index contributed by atoms with van der Waals surface area (Å²) in [7, 11) is 0. The van der Waals surface area contributed by atoms with Crippen molar-refractivity contribution in [3.63, 3.8) is 0 Å². The maximum Gasteiger partial charge on any atom is 0.416 e. The van der Waals surface area contributed by atoms with E-state index in [1.165, 1.54) is 12.1 Å². The molecule has 0 bridgehead atoms. The lowest BCUT2D eigenvalue weighted by molar-refractivity contribution is -0.137. The maximum atomic E-state index is 12.4. The van der Waals surface area contributed by atoms with Crippen LogP contribution in [0.1, 0.15) is 28.5 Å². The monoisotopic (exact) mass is 286 g/mol. The van der Waals surface area contributed by atoms with E-state index in [1.807, 2.05) is 17.5 Å². The number of aliphatic hydroxyl groups is 1. The van der Waals surface area contributed by atoms with E-state index in [4.69, 9.17) is 0 Å². The molecule has 5 heteroatoms. The molecule has 2 aromatic rings. The zero-order valence-electron chi connectivity index (χ0n) is 10.0. The molecule has 0 saturated carbocycles. The minimum absolute atomic E-state index is 0.506. The van der Waals surface area contributed by atoms with Gasteiger partial charge < -0.3 is 5.11 Å². The van der Waals surface area contributed by atoms with Crippen molar-refractivity contribution in [2.24, 2.45) is 0 Å². The van der Waals surface area contributed by atoms with Gasteiger partial charge in [-0.2, -0.15) is 13.2 Å². The Morgan fingerprint density at radius 1 is 1.11 bits per heavy atom. The van der Waals surface area contributed by atoms with Gasteiger partial charge in [-0.3, -0.25) is 0 Å². The first-order valence-electron chi connectivity index (χ1n) is 5.84. The number of thiophene rings is 1. The minimum atomic E-state index is -4.33. The number of alkyl halides is 3. The van der Waals surface area contributed by atoms with Crippen LogP contribution in [0.25, 0.3) is 0 Å². The molecule has 1 heterocycles. The first kappa shape index (κ1) is 14.1. The summed E-state index contributed by atoms with van der Waals surface area (Å²) in [5.41, 5.74) is -0.175. The van der Waals surface area contributed by atoms with Crippen LogP contribution in [0, 0.1) is 0 Å². The molecule has 1 unspecified atom stereocenters. The van der Waals surface area contributed by atoms with E-state index in [9.17, 15) is 18.3 Å². The van der Waals surface area contributed by atoms with E-state index < -0.39 is 17.8 Å². The minimum Gasteiger partial charge on any atom is -0.388 e. The SMILES string of the molecule is OC(CCc1cccs1)c1ccc(C(F)(F)F)cc1. The molecule has 0 amide bonds. The van der Waals surface area contributed by atoms with Crippen molar-refractivity contribution in [2.45, 2.75) is 25.1 Å². The molecule has 19 heavy (non-hydrogen) atoms. The van der Waals surface area contributed by atoms with E-state index in [-0.39, 0.29) is 0 Å². The highest BCUT2D eigenvalue weighted by Gasteiger charge is 2.30. The molecule has 2 rings (SSSR count). The summed E-state index contributed by atoms with van der Waals surface area (Å²) in [5, 5.41) is 11.9. The molecule has 1 nitrogen and oxygen atoms in total. The predicted octanol–water partition coefficient (Wildman–Crippen LogP) is 4.43. The first-order valence-corrected chi connectivity index (χ1v) is 6.72. The van der Waals surface area contributed by atoms with Crippen molar-refractivity contribution < 1.29 is 18.3 Å². The fourth-order valence-electron chi connectivity index (χ4n) is 1.79. The van der Waals surface area contributed by atoms with Gasteiger partial charge in [-0.25, -0.2) is 0 Å². The summed E-state index contributed by atoms with van der Waals surface area (Å²) in [6.45, 7) is 0. The largest absolute Gasteiger partial charge is 0.416 e. The molecule has 1 aromatic heterocycles. The van der Waals surface area contributed by atoms with E-state index in [0.29, 0.717) is 12.0 Å². The van der Waals surface area contributed by atoms with E-state index >= 15 is 0 Å². The second kappa shape index (κ2) is 5.75. The zero-order valence-corrected chi connectivity index (χ0v) is 10.8. The highest BCUT2D eigenvalue weighted by molar-refractivity contribution is 7.09. The van der Waals surface area contributed by atoms with Gasteiger partial charge in [0, 0.05) is 4.88 Å². The summed E-state index contributed by atoms with van der Waals surface area (Å²) < 4.78 is 37.2. The molecule has 0 aliphatic rings. The molecule has 1 N–H and O–H groups in total. The third-order valence-corrected chi connectivity index (χ3v) is 3.80. The summed E-state index contributed by atoms with van der Waals surface area (Å²) >= 11 is 1.61. The number of rotatable bonds is 4. The fraction of sp³-hybridized carbons (Fsp3) is 0.286. The Balaban J connectivity index is 1.97. The number of halogens is 3. The maximum absolute atomic E-state index is 12.4. The molecule has 0 spiro atoms. The van der Waals surface area contributed by atoms with E-state index in [1.54, 1.807) is 11.3 Å². The van der Waals surface area contributed by atoms with Gasteiger partial charge in [-0.1, -0.05) is 18.2 Å². The third kappa shape index (κ3) is 3.81. The third-order valence-electron chi connectivity index (χ3n) is 2.87. The van der Waals surface area contributed by atoms with E-state index in [2.05, 4.69) is 0 Å². The lowest BCUT2D eigenvalue weighted by Crippen LogP contribution is -2.05. The van der Waals surface area contributed by atoms with Crippen LogP contribution in [0.4, 0.5) is 13.2 Å². The number of benzene rings is 1. The molecular weight excluding hydrogens is 273 g/mol. The van der Waals surface area contributed by atoms with Gasteiger partial charge in [0.15, 0.2) is 0 Å². The van der Waals surface area contributed by atoms with Crippen LogP contribution in [-0.4, -0.2) is 5.11 Å². The predicted molar refractivity (Wildman–Crippen MR) is 69.0 cm³/mol. The molecule has 0 aliphatic carbocycles. The lowest BCUT2D eigenvalue weighted by atomic mass is 10.0. The molecule has 1 aromatic carbocycles. The zero-order chi connectivity index (χ0) is 13.9. The van der Waals surface area contributed by atoms with Crippen LogP contribution in [0.15, 0.2) is 41.8 Å². The van der Waals surface area contributed by atoms with Crippen LogP contribution in [0.2, 0.25) is 0 Å². The molecule has 0 saturated heterocycles. The Hall–Kier alpha value is -1.33. The van der Waals surface area contributed by atoms with Crippen molar-refractivity contribution in [3.8, 4) is 0 Å². The summed E-state index contributed by atoms with van der Waals surface area (Å²) in [5.74, 6) is 0. The average molecular weight is 286 g/mol. The Kier molecular flexibility index (Phi) is 4.27. The van der Waals surface area contributed by atoms with Crippen molar-refractivity contribution in [3.05, 3.63) is 57.8 Å². The van der Waals surface area contributed by atoms with Crippen LogP contribution in [-0.2, 0) is 12.6 Å². The highest BCUT2D eigenvalue weighted by atomic mass is 32.1. The summed E-state index contributed by atoms with van der Waals surface area (Å²) in [6, 6.07) is 8.59. The van der Waals surface area contributed by atoms with Gasteiger partial charge >= 0.3 is 6.18 Å². The van der Waals surface area contributed by atoms with Crippen molar-refractivity contribution in [2.75, 3.05) is 0 Å². The van der Waals surface area contributed by atoms with E-state index in [0.717, 1.165) is 23.4 Å². The molecule has 0 radical (unpaired) electrons. The molecule has 1 atom stereocenters. The van der Waals surface area contributed by atoms with Gasteiger partial charge in [-0.05, 0) is 42.0 Å². The van der Waals surface area contributed by atoms with Gasteiger partial charge in [0.2, 0.25) is 0 Å². The smallest absolute Gasteiger partial charge is 0.388 e. The number of hydrogen-bond donors (Lipinski definition) is 1. The van der Waals surface area contributed by atoms with Crippen molar-refractivity contribution >= 4 is 11.3 Å². The van der Waals surface area contributed by atoms with Crippen molar-refractivity contribution in [1.82, 2.24) is 0 Å². The standard InChI is InChI=1S/C14H13F3OS/c15-14(16,17)11-5-3-10(4-6-11)13(18)8-7-12-2-1-9-19-12/h1-6,9,13,18H,7-8H2. The normalized spacial score (nSPS) is 13.5. The summed E-state index contributed by atoms with van der Waals surface area (Å²) in [4.78, 5) is 1.16. The Morgan fingerprint density at radius 2 is 1.79 bits per heavy atom. The van der Waals surface area contributed by atoms with Crippen molar-refractivity contribution in [1.29, 1.82) is 0 Å². The van der Waals surface area contributed by atoms with Crippen LogP contribution < -0.4 is 0 Å². The van der Waals surface area contributed by atoms with Crippen LogP contribution in [0.3, 0.4) is 0 Å². The van der Waals surface area contributed by atoms with Crippen LogP contribution >= 0.6 is 11.3 Å². The molecule has 102 valence electrons. The Labute approximate surface area is 113 Å². The average Bonchev–Trinajstić information content (AvgIpc) is 2.88.